The molecule has 2 heteroatoms. The summed E-state index contributed by atoms with van der Waals surface area (Å²) in [6, 6.07) is 0. The van der Waals surface area contributed by atoms with Crippen molar-refractivity contribution in [2.75, 3.05) is 0 Å². The summed E-state index contributed by atoms with van der Waals surface area (Å²) < 4.78 is 5.65. The van der Waals surface area contributed by atoms with Crippen LogP contribution >= 0.6 is 0 Å². The van der Waals surface area contributed by atoms with Crippen molar-refractivity contribution in [2.24, 2.45) is 0 Å². The van der Waals surface area contributed by atoms with E-state index in [-0.39, 0.29) is 0 Å². The molecule has 0 N–H and O–H groups in total. The summed E-state index contributed by atoms with van der Waals surface area (Å²) in [5.41, 5.74) is 0. The van der Waals surface area contributed by atoms with Gasteiger partial charge in [0.25, 0.3) is 0 Å². The molecule has 0 radical (unpaired) electrons. The van der Waals surface area contributed by atoms with Gasteiger partial charge in [0.1, 0.15) is 5.76 Å². The molecule has 0 amide bonds. The van der Waals surface area contributed by atoms with Gasteiger partial charge in [0.05, 0.1) is 6.20 Å². The number of hydrogen-bond acceptors (Lipinski definition) is 2. The second-order valence-electron chi connectivity index (χ2n) is 4.13. The monoisotopic (exact) mass is 209 g/mol. The molecule has 0 saturated heterocycles. The zero-order valence-corrected chi connectivity index (χ0v) is 10.1. The number of aromatic nitrogens is 1. The van der Waals surface area contributed by atoms with Crippen LogP contribution in [-0.2, 0) is 12.8 Å². The smallest absolute Gasteiger partial charge is 0.194 e. The first kappa shape index (κ1) is 12.3. The van der Waals surface area contributed by atoms with Crippen molar-refractivity contribution in [3.8, 4) is 0 Å². The summed E-state index contributed by atoms with van der Waals surface area (Å²) in [5.74, 6) is 1.99. The SMILES string of the molecule is CCCCCCc1cnc(CCCC)o1. The summed E-state index contributed by atoms with van der Waals surface area (Å²) in [4.78, 5) is 4.29. The van der Waals surface area contributed by atoms with Gasteiger partial charge in [-0.1, -0.05) is 39.5 Å². The lowest BCUT2D eigenvalue weighted by Crippen LogP contribution is -1.84. The zero-order valence-electron chi connectivity index (χ0n) is 10.1. The predicted molar refractivity (Wildman–Crippen MR) is 63.0 cm³/mol. The molecule has 0 aliphatic rings. The van der Waals surface area contributed by atoms with Crippen LogP contribution in [0.4, 0.5) is 0 Å². The molecule has 0 saturated carbocycles. The predicted octanol–water partition coefficient (Wildman–Crippen LogP) is 4.14. The van der Waals surface area contributed by atoms with Crippen LogP contribution in [0.1, 0.15) is 64.0 Å². The van der Waals surface area contributed by atoms with Gasteiger partial charge in [0.15, 0.2) is 5.89 Å². The molecule has 0 aliphatic heterocycles. The zero-order chi connectivity index (χ0) is 10.9. The lowest BCUT2D eigenvalue weighted by molar-refractivity contribution is 0.441. The standard InChI is InChI=1S/C13H23NO/c1-3-5-7-8-9-12-11-14-13(15-12)10-6-4-2/h11H,3-10H2,1-2H3. The van der Waals surface area contributed by atoms with Crippen LogP contribution in [0.15, 0.2) is 10.6 Å². The Morgan fingerprint density at radius 2 is 1.80 bits per heavy atom. The molecule has 0 aromatic carbocycles. The van der Waals surface area contributed by atoms with Crippen LogP contribution in [0.3, 0.4) is 0 Å². The number of unbranched alkanes of at least 4 members (excludes halogenated alkanes) is 4. The van der Waals surface area contributed by atoms with Crippen LogP contribution in [-0.4, -0.2) is 4.98 Å². The van der Waals surface area contributed by atoms with E-state index < -0.39 is 0 Å². The average Bonchev–Trinajstić information content (AvgIpc) is 2.69. The minimum Gasteiger partial charge on any atom is -0.446 e. The normalized spacial score (nSPS) is 10.8. The molecule has 0 unspecified atom stereocenters. The van der Waals surface area contributed by atoms with Gasteiger partial charge in [-0.05, 0) is 12.8 Å². The first-order valence-electron chi connectivity index (χ1n) is 6.30. The van der Waals surface area contributed by atoms with Gasteiger partial charge in [-0.15, -0.1) is 0 Å². The highest BCUT2D eigenvalue weighted by atomic mass is 16.4. The van der Waals surface area contributed by atoms with Crippen molar-refractivity contribution in [3.63, 3.8) is 0 Å². The summed E-state index contributed by atoms with van der Waals surface area (Å²) in [6.07, 6.45) is 11.5. The van der Waals surface area contributed by atoms with Gasteiger partial charge in [-0.25, -0.2) is 4.98 Å². The third kappa shape index (κ3) is 5.01. The third-order valence-electron chi connectivity index (χ3n) is 2.62. The van der Waals surface area contributed by atoms with Crippen molar-refractivity contribution in [1.29, 1.82) is 0 Å². The van der Waals surface area contributed by atoms with Crippen LogP contribution < -0.4 is 0 Å². The minimum absolute atomic E-state index is 0.919. The fourth-order valence-corrected chi connectivity index (χ4v) is 1.63. The molecular formula is C13H23NO. The Morgan fingerprint density at radius 3 is 2.53 bits per heavy atom. The van der Waals surface area contributed by atoms with Gasteiger partial charge >= 0.3 is 0 Å². The van der Waals surface area contributed by atoms with E-state index >= 15 is 0 Å². The number of aryl methyl sites for hydroxylation is 2. The van der Waals surface area contributed by atoms with E-state index in [0.29, 0.717) is 0 Å². The maximum Gasteiger partial charge on any atom is 0.194 e. The summed E-state index contributed by atoms with van der Waals surface area (Å²) >= 11 is 0. The topological polar surface area (TPSA) is 26.0 Å². The third-order valence-corrected chi connectivity index (χ3v) is 2.62. The second-order valence-corrected chi connectivity index (χ2v) is 4.13. The minimum atomic E-state index is 0.919. The number of nitrogens with zero attached hydrogens (tertiary/aromatic N) is 1. The van der Waals surface area contributed by atoms with E-state index in [0.717, 1.165) is 24.5 Å². The van der Waals surface area contributed by atoms with E-state index in [1.165, 1.54) is 38.5 Å². The fraction of sp³-hybridized carbons (Fsp3) is 0.769. The first-order chi connectivity index (χ1) is 7.36. The van der Waals surface area contributed by atoms with Crippen molar-refractivity contribution in [3.05, 3.63) is 17.8 Å². The van der Waals surface area contributed by atoms with Gasteiger partial charge in [-0.2, -0.15) is 0 Å². The van der Waals surface area contributed by atoms with Crippen molar-refractivity contribution in [1.82, 2.24) is 4.98 Å². The maximum absolute atomic E-state index is 5.65. The summed E-state index contributed by atoms with van der Waals surface area (Å²) in [7, 11) is 0. The summed E-state index contributed by atoms with van der Waals surface area (Å²) in [5, 5.41) is 0. The molecule has 1 heterocycles. The number of oxazole rings is 1. The molecule has 0 atom stereocenters. The molecular weight excluding hydrogens is 186 g/mol. The second kappa shape index (κ2) is 7.49. The molecule has 2 nitrogen and oxygen atoms in total. The van der Waals surface area contributed by atoms with Gasteiger partial charge < -0.3 is 4.42 Å². The van der Waals surface area contributed by atoms with Gasteiger partial charge in [-0.3, -0.25) is 0 Å². The Bertz CT molecular complexity index is 255. The highest BCUT2D eigenvalue weighted by Crippen LogP contribution is 2.11. The van der Waals surface area contributed by atoms with Crippen LogP contribution in [0.2, 0.25) is 0 Å². The Kier molecular flexibility index (Phi) is 6.14. The molecule has 1 aromatic rings. The fourth-order valence-electron chi connectivity index (χ4n) is 1.63. The molecule has 1 rings (SSSR count). The average molecular weight is 209 g/mol. The molecule has 86 valence electrons. The Morgan fingerprint density at radius 1 is 1.00 bits per heavy atom. The molecule has 15 heavy (non-hydrogen) atoms. The van der Waals surface area contributed by atoms with Gasteiger partial charge in [0.2, 0.25) is 0 Å². The first-order valence-corrected chi connectivity index (χ1v) is 6.30. The van der Waals surface area contributed by atoms with Crippen LogP contribution in [0, 0.1) is 0 Å². The highest BCUT2D eigenvalue weighted by Gasteiger charge is 2.02. The lowest BCUT2D eigenvalue weighted by atomic mass is 10.1. The number of hydrogen-bond donors (Lipinski definition) is 0. The van der Waals surface area contributed by atoms with E-state index in [2.05, 4.69) is 18.8 Å². The van der Waals surface area contributed by atoms with Crippen LogP contribution in [0.25, 0.3) is 0 Å². The van der Waals surface area contributed by atoms with E-state index in [1.54, 1.807) is 0 Å². The highest BCUT2D eigenvalue weighted by molar-refractivity contribution is 4.94. The lowest BCUT2D eigenvalue weighted by Gasteiger charge is -1.96. The molecule has 1 aromatic heterocycles. The largest absolute Gasteiger partial charge is 0.446 e. The van der Waals surface area contributed by atoms with Crippen molar-refractivity contribution < 1.29 is 4.42 Å². The molecule has 0 bridgehead atoms. The van der Waals surface area contributed by atoms with E-state index in [4.69, 9.17) is 4.42 Å². The molecule has 0 fully saturated rings. The Labute approximate surface area is 93.1 Å². The van der Waals surface area contributed by atoms with Crippen molar-refractivity contribution in [2.45, 2.75) is 65.2 Å². The molecule has 0 spiro atoms. The van der Waals surface area contributed by atoms with Crippen molar-refractivity contribution >= 4 is 0 Å². The Balaban J connectivity index is 2.20. The van der Waals surface area contributed by atoms with E-state index in [9.17, 15) is 0 Å². The summed E-state index contributed by atoms with van der Waals surface area (Å²) in [6.45, 7) is 4.42. The van der Waals surface area contributed by atoms with Gasteiger partial charge in [0, 0.05) is 12.8 Å². The van der Waals surface area contributed by atoms with E-state index in [1.807, 2.05) is 6.20 Å². The molecule has 0 aliphatic carbocycles. The quantitative estimate of drug-likeness (QED) is 0.601. The number of rotatable bonds is 8. The Hall–Kier alpha value is -0.790. The van der Waals surface area contributed by atoms with Crippen LogP contribution in [0.5, 0.6) is 0 Å². The maximum atomic E-state index is 5.65.